The van der Waals surface area contributed by atoms with Gasteiger partial charge in [-0.3, -0.25) is 4.90 Å². The second-order valence-electron chi connectivity index (χ2n) is 3.55. The van der Waals surface area contributed by atoms with Crippen LogP contribution in [0.3, 0.4) is 0 Å². The fourth-order valence-electron chi connectivity index (χ4n) is 1.57. The zero-order chi connectivity index (χ0) is 8.43. The van der Waals surface area contributed by atoms with Gasteiger partial charge in [0.05, 0.1) is 0 Å². The van der Waals surface area contributed by atoms with Crippen LogP contribution in [0.25, 0.3) is 0 Å². The summed E-state index contributed by atoms with van der Waals surface area (Å²) in [7, 11) is 4.36. The summed E-state index contributed by atoms with van der Waals surface area (Å²) in [6.07, 6.45) is 0. The molecule has 0 aromatic rings. The van der Waals surface area contributed by atoms with E-state index in [-0.39, 0.29) is 0 Å². The van der Waals surface area contributed by atoms with E-state index >= 15 is 0 Å². The van der Waals surface area contributed by atoms with Gasteiger partial charge in [-0.25, -0.2) is 0 Å². The van der Waals surface area contributed by atoms with Gasteiger partial charge < -0.3 is 4.90 Å². The normalized spacial score (nSPS) is 32.2. The number of hydrogen-bond acceptors (Lipinski definition) is 3. The van der Waals surface area contributed by atoms with Crippen molar-refractivity contribution in [3.8, 4) is 0 Å². The lowest BCUT2D eigenvalue weighted by Gasteiger charge is -2.39. The molecule has 0 aromatic heterocycles. The van der Waals surface area contributed by atoms with Crippen molar-refractivity contribution >= 4 is 12.6 Å². The molecule has 0 spiro atoms. The van der Waals surface area contributed by atoms with Crippen LogP contribution >= 0.6 is 12.6 Å². The molecule has 2 nitrogen and oxygen atoms in total. The lowest BCUT2D eigenvalue weighted by Crippen LogP contribution is -2.53. The Hall–Kier alpha value is 0.270. The maximum absolute atomic E-state index is 4.47. The van der Waals surface area contributed by atoms with Crippen molar-refractivity contribution in [3.63, 3.8) is 0 Å². The molecule has 0 aromatic carbocycles. The van der Waals surface area contributed by atoms with Crippen molar-refractivity contribution in [1.29, 1.82) is 0 Å². The van der Waals surface area contributed by atoms with Crippen molar-refractivity contribution in [2.45, 2.75) is 18.2 Å². The van der Waals surface area contributed by atoms with Crippen molar-refractivity contribution in [2.24, 2.45) is 0 Å². The van der Waals surface area contributed by atoms with Gasteiger partial charge in [-0.05, 0) is 14.1 Å². The van der Waals surface area contributed by atoms with Gasteiger partial charge >= 0.3 is 0 Å². The van der Waals surface area contributed by atoms with E-state index in [4.69, 9.17) is 0 Å². The molecule has 11 heavy (non-hydrogen) atoms. The first-order valence-corrected chi connectivity index (χ1v) is 4.69. The lowest BCUT2D eigenvalue weighted by atomic mass is 10.1. The Morgan fingerprint density at radius 1 is 1.36 bits per heavy atom. The highest BCUT2D eigenvalue weighted by atomic mass is 32.1. The highest BCUT2D eigenvalue weighted by molar-refractivity contribution is 7.81. The van der Waals surface area contributed by atoms with E-state index < -0.39 is 0 Å². The molecule has 1 aliphatic heterocycles. The van der Waals surface area contributed by atoms with Crippen LogP contribution in [0, 0.1) is 0 Å². The molecular weight excluding hydrogens is 156 g/mol. The fraction of sp³-hybridized carbons (Fsp3) is 1.00. The maximum atomic E-state index is 4.47. The van der Waals surface area contributed by atoms with Crippen LogP contribution in [-0.2, 0) is 0 Å². The molecule has 0 radical (unpaired) electrons. The van der Waals surface area contributed by atoms with Gasteiger partial charge in [-0.1, -0.05) is 6.92 Å². The fourth-order valence-corrected chi connectivity index (χ4v) is 1.89. The third kappa shape index (κ3) is 2.36. The molecule has 0 N–H and O–H groups in total. The quantitative estimate of drug-likeness (QED) is 0.580. The van der Waals surface area contributed by atoms with Gasteiger partial charge in [0.25, 0.3) is 0 Å². The summed E-state index contributed by atoms with van der Waals surface area (Å²) in [6.45, 7) is 5.68. The summed E-state index contributed by atoms with van der Waals surface area (Å²) in [5.74, 6) is 0. The average molecular weight is 174 g/mol. The Morgan fingerprint density at radius 3 is 2.45 bits per heavy atom. The van der Waals surface area contributed by atoms with E-state index in [9.17, 15) is 0 Å². The number of nitrogens with zero attached hydrogens (tertiary/aromatic N) is 2. The van der Waals surface area contributed by atoms with Gasteiger partial charge in [-0.15, -0.1) is 0 Å². The van der Waals surface area contributed by atoms with Crippen LogP contribution in [0.5, 0.6) is 0 Å². The largest absolute Gasteiger partial charge is 0.304 e. The smallest absolute Gasteiger partial charge is 0.0334 e. The summed E-state index contributed by atoms with van der Waals surface area (Å²) >= 11 is 4.47. The average Bonchev–Trinajstić information content (AvgIpc) is 1.94. The molecule has 0 aliphatic carbocycles. The molecule has 1 aliphatic rings. The zero-order valence-corrected chi connectivity index (χ0v) is 8.51. The Morgan fingerprint density at radius 2 is 2.00 bits per heavy atom. The molecule has 1 saturated heterocycles. The summed E-state index contributed by atoms with van der Waals surface area (Å²) in [6, 6.07) is 0.622. The van der Waals surface area contributed by atoms with E-state index in [1.807, 2.05) is 0 Å². The van der Waals surface area contributed by atoms with Crippen LogP contribution in [0.1, 0.15) is 6.92 Å². The lowest BCUT2D eigenvalue weighted by molar-refractivity contribution is 0.115. The first-order valence-electron chi connectivity index (χ1n) is 4.18. The number of likely N-dealkylation sites (N-methyl/N-ethyl adjacent to an activating group) is 2. The molecule has 0 bridgehead atoms. The Kier molecular flexibility index (Phi) is 3.22. The minimum absolute atomic E-state index is 0.475. The highest BCUT2D eigenvalue weighted by Gasteiger charge is 2.24. The maximum Gasteiger partial charge on any atom is 0.0334 e. The summed E-state index contributed by atoms with van der Waals surface area (Å²) < 4.78 is 0. The van der Waals surface area contributed by atoms with E-state index in [0.29, 0.717) is 11.3 Å². The van der Waals surface area contributed by atoms with Crippen LogP contribution in [-0.4, -0.2) is 54.8 Å². The molecular formula is C8H18N2S. The van der Waals surface area contributed by atoms with Crippen LogP contribution < -0.4 is 0 Å². The van der Waals surface area contributed by atoms with Gasteiger partial charge in [0.1, 0.15) is 0 Å². The molecule has 1 rings (SSSR count). The summed E-state index contributed by atoms with van der Waals surface area (Å²) in [5.41, 5.74) is 0. The predicted octanol–water partition coefficient (Wildman–Crippen LogP) is 0.550. The SMILES string of the molecule is C[C@@H](S)[C@H]1CN(C)CCN1C. The second kappa shape index (κ2) is 3.78. The summed E-state index contributed by atoms with van der Waals surface area (Å²) in [4.78, 5) is 4.77. The monoisotopic (exact) mass is 174 g/mol. The molecule has 66 valence electrons. The second-order valence-corrected chi connectivity index (χ2v) is 4.37. The van der Waals surface area contributed by atoms with Crippen molar-refractivity contribution < 1.29 is 0 Å². The van der Waals surface area contributed by atoms with Gasteiger partial charge in [-0.2, -0.15) is 12.6 Å². The molecule has 1 fully saturated rings. The van der Waals surface area contributed by atoms with Crippen molar-refractivity contribution in [1.82, 2.24) is 9.80 Å². The van der Waals surface area contributed by atoms with Crippen molar-refractivity contribution in [3.05, 3.63) is 0 Å². The minimum Gasteiger partial charge on any atom is -0.304 e. The molecule has 0 saturated carbocycles. The van der Waals surface area contributed by atoms with Crippen molar-refractivity contribution in [2.75, 3.05) is 33.7 Å². The molecule has 0 amide bonds. The molecule has 3 heteroatoms. The summed E-state index contributed by atoms with van der Waals surface area (Å²) in [5, 5.41) is 0.475. The number of thiol groups is 1. The Balaban J connectivity index is 2.47. The molecule has 0 unspecified atom stereocenters. The first-order chi connectivity index (χ1) is 5.11. The molecule has 2 atom stereocenters. The topological polar surface area (TPSA) is 6.48 Å². The van der Waals surface area contributed by atoms with Gasteiger partial charge in [0.15, 0.2) is 0 Å². The van der Waals surface area contributed by atoms with E-state index in [1.54, 1.807) is 0 Å². The number of rotatable bonds is 1. The van der Waals surface area contributed by atoms with Gasteiger partial charge in [0, 0.05) is 30.9 Å². The predicted molar refractivity (Wildman–Crippen MR) is 52.4 cm³/mol. The molecule has 1 heterocycles. The Bertz CT molecular complexity index is 127. The van der Waals surface area contributed by atoms with Gasteiger partial charge in [0.2, 0.25) is 0 Å². The first kappa shape index (κ1) is 9.36. The standard InChI is InChI=1S/C8H18N2S/c1-7(11)8-6-9(2)4-5-10(8)3/h7-8,11H,4-6H2,1-3H3/t7-,8-/m1/s1. The van der Waals surface area contributed by atoms with Crippen LogP contribution in [0.2, 0.25) is 0 Å². The number of piperazine rings is 1. The zero-order valence-electron chi connectivity index (χ0n) is 7.62. The van der Waals surface area contributed by atoms with Crippen LogP contribution in [0.4, 0.5) is 0 Å². The highest BCUT2D eigenvalue weighted by Crippen LogP contribution is 2.13. The van der Waals surface area contributed by atoms with E-state index in [1.165, 1.54) is 13.1 Å². The minimum atomic E-state index is 0.475. The third-order valence-corrected chi connectivity index (χ3v) is 2.80. The van der Waals surface area contributed by atoms with E-state index in [0.717, 1.165) is 6.54 Å². The van der Waals surface area contributed by atoms with Crippen LogP contribution in [0.15, 0.2) is 0 Å². The Labute approximate surface area is 75.0 Å². The third-order valence-electron chi connectivity index (χ3n) is 2.46. The number of hydrogen-bond donors (Lipinski definition) is 1. The van der Waals surface area contributed by atoms with E-state index in [2.05, 4.69) is 43.4 Å².